The summed E-state index contributed by atoms with van der Waals surface area (Å²) >= 11 is 0. The second-order valence-electron chi connectivity index (χ2n) is 3.72. The van der Waals surface area contributed by atoms with Gasteiger partial charge in [0.2, 0.25) is 0 Å². The topological polar surface area (TPSA) is 84.9 Å². The van der Waals surface area contributed by atoms with Crippen LogP contribution in [0.1, 0.15) is 0 Å². The van der Waals surface area contributed by atoms with Crippen molar-refractivity contribution in [1.82, 2.24) is 10.2 Å². The van der Waals surface area contributed by atoms with Crippen LogP contribution in [-0.2, 0) is 0 Å². The Labute approximate surface area is 108 Å². The van der Waals surface area contributed by atoms with E-state index < -0.39 is 5.63 Å². The molecule has 3 aromatic rings. The molecule has 2 heterocycles. The van der Waals surface area contributed by atoms with E-state index in [4.69, 9.17) is 10.2 Å². The van der Waals surface area contributed by atoms with E-state index >= 15 is 0 Å². The minimum atomic E-state index is -0.410. The molecule has 0 saturated carbocycles. The van der Waals surface area contributed by atoms with Crippen molar-refractivity contribution in [1.29, 1.82) is 0 Å². The van der Waals surface area contributed by atoms with E-state index in [1.165, 1.54) is 0 Å². The number of nitrogen functional groups attached to an aromatic ring is 1. The van der Waals surface area contributed by atoms with Crippen molar-refractivity contribution in [2.45, 2.75) is 0 Å². The van der Waals surface area contributed by atoms with Crippen LogP contribution in [-0.4, -0.2) is 10.2 Å². The molecule has 0 radical (unpaired) electrons. The predicted molar refractivity (Wildman–Crippen MR) is 71.7 cm³/mol. The van der Waals surface area contributed by atoms with Gasteiger partial charge in [-0.15, -0.1) is 12.4 Å². The van der Waals surface area contributed by atoms with Crippen molar-refractivity contribution in [3.8, 4) is 11.3 Å². The van der Waals surface area contributed by atoms with Gasteiger partial charge in [-0.2, -0.15) is 5.10 Å². The molecule has 92 valence electrons. The zero-order valence-corrected chi connectivity index (χ0v) is 10.0. The van der Waals surface area contributed by atoms with Crippen molar-refractivity contribution in [3.63, 3.8) is 0 Å². The van der Waals surface area contributed by atoms with Gasteiger partial charge in [0.25, 0.3) is 0 Å². The highest BCUT2D eigenvalue weighted by Gasteiger charge is 2.08. The fourth-order valence-electron chi connectivity index (χ4n) is 1.72. The monoisotopic (exact) mass is 263 g/mol. The lowest BCUT2D eigenvalue weighted by molar-refractivity contribution is 0.563. The molecule has 0 amide bonds. The quantitative estimate of drug-likeness (QED) is 0.521. The number of fused-ring (bicyclic) bond motifs is 1. The molecule has 0 aliphatic heterocycles. The lowest BCUT2D eigenvalue weighted by atomic mass is 10.1. The van der Waals surface area contributed by atoms with E-state index in [0.717, 1.165) is 5.39 Å². The molecule has 5 nitrogen and oxygen atoms in total. The Kier molecular flexibility index (Phi) is 3.08. The molecule has 0 saturated heterocycles. The van der Waals surface area contributed by atoms with E-state index in [9.17, 15) is 4.79 Å². The van der Waals surface area contributed by atoms with Gasteiger partial charge < -0.3 is 10.2 Å². The highest BCUT2D eigenvalue weighted by atomic mass is 35.5. The maximum Gasteiger partial charge on any atom is 0.345 e. The smallest absolute Gasteiger partial charge is 0.345 e. The molecule has 1 aromatic carbocycles. The first kappa shape index (κ1) is 12.2. The van der Waals surface area contributed by atoms with E-state index in [-0.39, 0.29) is 12.4 Å². The highest BCUT2D eigenvalue weighted by Crippen LogP contribution is 2.20. The normalized spacial score (nSPS) is 10.2. The number of hydrogen-bond acceptors (Lipinski definition) is 4. The molecular formula is C12H10ClN3O2. The SMILES string of the molecule is Cl.Nc1ccc2cc(-c3ccn[nH]3)c(=O)oc2c1. The minimum absolute atomic E-state index is 0. The maximum atomic E-state index is 11.8. The Balaban J connectivity index is 0.00000120. The first-order valence-electron chi connectivity index (χ1n) is 5.07. The van der Waals surface area contributed by atoms with Gasteiger partial charge in [-0.25, -0.2) is 4.79 Å². The number of anilines is 1. The Bertz CT molecular complexity index is 735. The number of halogens is 1. The molecule has 0 atom stereocenters. The fourth-order valence-corrected chi connectivity index (χ4v) is 1.72. The van der Waals surface area contributed by atoms with Crippen molar-refractivity contribution in [3.05, 3.63) is 46.9 Å². The molecule has 0 spiro atoms. The molecule has 18 heavy (non-hydrogen) atoms. The molecule has 0 aliphatic rings. The van der Waals surface area contributed by atoms with Gasteiger partial charge in [-0.05, 0) is 24.3 Å². The number of rotatable bonds is 1. The molecule has 0 aliphatic carbocycles. The van der Waals surface area contributed by atoms with Crippen LogP contribution < -0.4 is 11.4 Å². The lowest BCUT2D eigenvalue weighted by Crippen LogP contribution is -2.03. The van der Waals surface area contributed by atoms with Gasteiger partial charge in [-0.1, -0.05) is 0 Å². The third-order valence-electron chi connectivity index (χ3n) is 2.55. The standard InChI is InChI=1S/C12H9N3O2.ClH/c13-8-2-1-7-5-9(10-3-4-14-15-10)12(16)17-11(7)6-8;/h1-6H,13H2,(H,14,15);1H. The van der Waals surface area contributed by atoms with E-state index in [0.29, 0.717) is 22.5 Å². The van der Waals surface area contributed by atoms with Crippen LogP contribution in [0.5, 0.6) is 0 Å². The largest absolute Gasteiger partial charge is 0.422 e. The highest BCUT2D eigenvalue weighted by molar-refractivity contribution is 5.85. The van der Waals surface area contributed by atoms with Gasteiger partial charge in [0, 0.05) is 23.3 Å². The summed E-state index contributed by atoms with van der Waals surface area (Å²) in [5.74, 6) is 0. The Hall–Kier alpha value is -2.27. The Morgan fingerprint density at radius 2 is 2.06 bits per heavy atom. The van der Waals surface area contributed by atoms with E-state index in [2.05, 4.69) is 10.2 Å². The first-order chi connectivity index (χ1) is 8.24. The summed E-state index contributed by atoms with van der Waals surface area (Å²) in [7, 11) is 0. The molecule has 2 aromatic heterocycles. The van der Waals surface area contributed by atoms with Crippen LogP contribution in [0.15, 0.2) is 45.7 Å². The third kappa shape index (κ3) is 1.96. The van der Waals surface area contributed by atoms with Gasteiger partial charge in [0.1, 0.15) is 5.58 Å². The van der Waals surface area contributed by atoms with Crippen LogP contribution in [0.25, 0.3) is 22.2 Å². The van der Waals surface area contributed by atoms with Crippen molar-refractivity contribution < 1.29 is 4.42 Å². The van der Waals surface area contributed by atoms with Gasteiger partial charge in [0.05, 0.1) is 11.3 Å². The number of aromatic nitrogens is 2. The second kappa shape index (κ2) is 4.54. The summed E-state index contributed by atoms with van der Waals surface area (Å²) in [5.41, 5.74) is 7.36. The van der Waals surface area contributed by atoms with Crippen LogP contribution >= 0.6 is 12.4 Å². The number of aromatic amines is 1. The molecule has 0 bridgehead atoms. The second-order valence-corrected chi connectivity index (χ2v) is 3.72. The average Bonchev–Trinajstić information content (AvgIpc) is 2.81. The summed E-state index contributed by atoms with van der Waals surface area (Å²) < 4.78 is 5.21. The molecule has 3 N–H and O–H groups in total. The number of nitrogens with zero attached hydrogens (tertiary/aromatic N) is 1. The van der Waals surface area contributed by atoms with Crippen LogP contribution in [0, 0.1) is 0 Å². The van der Waals surface area contributed by atoms with Crippen LogP contribution in [0.4, 0.5) is 5.69 Å². The van der Waals surface area contributed by atoms with Gasteiger partial charge >= 0.3 is 5.63 Å². The number of nitrogens with one attached hydrogen (secondary N) is 1. The summed E-state index contributed by atoms with van der Waals surface area (Å²) in [6.07, 6.45) is 1.59. The average molecular weight is 264 g/mol. The van der Waals surface area contributed by atoms with Gasteiger partial charge in [-0.3, -0.25) is 5.10 Å². The molecule has 3 rings (SSSR count). The summed E-state index contributed by atoms with van der Waals surface area (Å²) in [4.78, 5) is 11.8. The van der Waals surface area contributed by atoms with Crippen molar-refractivity contribution in [2.24, 2.45) is 0 Å². The Morgan fingerprint density at radius 1 is 1.22 bits per heavy atom. The van der Waals surface area contributed by atoms with Crippen LogP contribution in [0.3, 0.4) is 0 Å². The Morgan fingerprint density at radius 3 is 2.78 bits per heavy atom. The zero-order valence-electron chi connectivity index (χ0n) is 9.21. The van der Waals surface area contributed by atoms with E-state index in [1.807, 2.05) is 6.07 Å². The van der Waals surface area contributed by atoms with E-state index in [1.54, 1.807) is 30.5 Å². The minimum Gasteiger partial charge on any atom is -0.422 e. The van der Waals surface area contributed by atoms with Gasteiger partial charge in [0.15, 0.2) is 0 Å². The molecule has 0 fully saturated rings. The number of hydrogen-bond donors (Lipinski definition) is 2. The maximum absolute atomic E-state index is 11.8. The zero-order chi connectivity index (χ0) is 11.8. The van der Waals surface area contributed by atoms with Crippen LogP contribution in [0.2, 0.25) is 0 Å². The first-order valence-corrected chi connectivity index (χ1v) is 5.07. The summed E-state index contributed by atoms with van der Waals surface area (Å²) in [5, 5.41) is 7.37. The summed E-state index contributed by atoms with van der Waals surface area (Å²) in [6, 6.07) is 8.68. The predicted octanol–water partition coefficient (Wildman–Crippen LogP) is 2.19. The lowest BCUT2D eigenvalue weighted by Gasteiger charge is -2.00. The molecule has 0 unspecified atom stereocenters. The number of nitrogens with two attached hydrogens (primary N) is 1. The third-order valence-corrected chi connectivity index (χ3v) is 2.55. The molecule has 6 heteroatoms. The number of H-pyrrole nitrogens is 1. The number of benzene rings is 1. The van der Waals surface area contributed by atoms with Crippen molar-refractivity contribution in [2.75, 3.05) is 5.73 Å². The van der Waals surface area contributed by atoms with Crippen molar-refractivity contribution >= 4 is 29.1 Å². The molecular weight excluding hydrogens is 254 g/mol. The summed E-state index contributed by atoms with van der Waals surface area (Å²) in [6.45, 7) is 0. The fraction of sp³-hybridized carbons (Fsp3) is 0.